The molecule has 2 atom stereocenters. The number of aromatic amines is 1. The molecule has 208 valence electrons. The van der Waals surface area contributed by atoms with Gasteiger partial charge in [0.05, 0.1) is 12.2 Å². The lowest BCUT2D eigenvalue weighted by molar-refractivity contribution is -0.139. The van der Waals surface area contributed by atoms with E-state index in [9.17, 15) is 18.8 Å². The molecule has 8 heteroatoms. The van der Waals surface area contributed by atoms with Gasteiger partial charge in [0.15, 0.2) is 0 Å². The third-order valence-corrected chi connectivity index (χ3v) is 8.75. The largest absolute Gasteiger partial charge is 0.343 e. The lowest BCUT2D eigenvalue weighted by Crippen LogP contribution is -2.56. The van der Waals surface area contributed by atoms with Gasteiger partial charge in [0.2, 0.25) is 5.91 Å². The number of nitrogens with one attached hydrogen (secondary N) is 2. The van der Waals surface area contributed by atoms with Crippen LogP contribution >= 0.6 is 0 Å². The smallest absolute Gasteiger partial charge is 0.267 e. The van der Waals surface area contributed by atoms with Gasteiger partial charge < -0.3 is 10.2 Å². The molecule has 0 spiro atoms. The number of nitrogens with zero attached hydrogens (tertiary/aromatic N) is 2. The van der Waals surface area contributed by atoms with Gasteiger partial charge in [-0.3, -0.25) is 14.4 Å². The summed E-state index contributed by atoms with van der Waals surface area (Å²) < 4.78 is 14.3. The van der Waals surface area contributed by atoms with E-state index in [1.54, 1.807) is 24.3 Å². The molecule has 2 aromatic rings. The molecule has 2 heterocycles. The summed E-state index contributed by atoms with van der Waals surface area (Å²) in [6, 6.07) is 6.96. The summed E-state index contributed by atoms with van der Waals surface area (Å²) in [5, 5.41) is 9.24. The van der Waals surface area contributed by atoms with Crippen molar-refractivity contribution in [2.24, 2.45) is 5.41 Å². The monoisotopic (exact) mass is 534 g/mol. The number of allylic oxidation sites excluding steroid dienone is 3. The third kappa shape index (κ3) is 5.75. The third-order valence-electron chi connectivity index (χ3n) is 8.75. The molecule has 0 radical (unpaired) electrons. The van der Waals surface area contributed by atoms with Crippen LogP contribution in [0, 0.1) is 19.3 Å². The van der Waals surface area contributed by atoms with Crippen molar-refractivity contribution in [3.05, 3.63) is 86.6 Å². The molecule has 4 rings (SSSR count). The molecule has 1 fully saturated rings. The predicted octanol–water partition coefficient (Wildman–Crippen LogP) is 5.08. The number of hydrogen-bond donors (Lipinski definition) is 2. The van der Waals surface area contributed by atoms with E-state index in [4.69, 9.17) is 0 Å². The first-order valence-electron chi connectivity index (χ1n) is 13.8. The lowest BCUT2D eigenvalue weighted by atomic mass is 9.75. The first kappa shape index (κ1) is 28.5. The number of amides is 2. The molecule has 0 bridgehead atoms. The second-order valence-electron chi connectivity index (χ2n) is 11.3. The molecule has 0 saturated carbocycles. The summed E-state index contributed by atoms with van der Waals surface area (Å²) in [7, 11) is 0. The number of H-pyrrole nitrogens is 1. The van der Waals surface area contributed by atoms with Crippen molar-refractivity contribution in [3.63, 3.8) is 0 Å². The zero-order valence-electron chi connectivity index (χ0n) is 23.6. The molecule has 7 nitrogen and oxygen atoms in total. The summed E-state index contributed by atoms with van der Waals surface area (Å²) in [6.07, 6.45) is 9.35. The number of rotatable bonds is 8. The Morgan fingerprint density at radius 2 is 1.92 bits per heavy atom. The van der Waals surface area contributed by atoms with Crippen molar-refractivity contribution < 1.29 is 14.0 Å². The highest BCUT2D eigenvalue weighted by Crippen LogP contribution is 2.48. The number of likely N-dealkylation sites (tertiary alicyclic amines) is 1. The molecular weight excluding hydrogens is 495 g/mol. The Kier molecular flexibility index (Phi) is 8.23. The first-order chi connectivity index (χ1) is 18.5. The van der Waals surface area contributed by atoms with Crippen LogP contribution in [-0.4, -0.2) is 45.0 Å². The molecule has 39 heavy (non-hydrogen) atoms. The highest BCUT2D eigenvalue weighted by Gasteiger charge is 2.52. The van der Waals surface area contributed by atoms with Gasteiger partial charge in [0.1, 0.15) is 5.83 Å². The quantitative estimate of drug-likeness (QED) is 0.494. The minimum absolute atomic E-state index is 0.123. The maximum absolute atomic E-state index is 14.3. The fourth-order valence-corrected chi connectivity index (χ4v) is 6.35. The van der Waals surface area contributed by atoms with Crippen LogP contribution in [0.3, 0.4) is 0 Å². The van der Waals surface area contributed by atoms with Crippen LogP contribution < -0.4 is 10.9 Å². The highest BCUT2D eigenvalue weighted by atomic mass is 19.1. The van der Waals surface area contributed by atoms with Crippen LogP contribution in [-0.2, 0) is 11.2 Å². The van der Waals surface area contributed by atoms with Crippen LogP contribution in [0.15, 0.2) is 53.1 Å². The van der Waals surface area contributed by atoms with Crippen molar-refractivity contribution in [3.8, 4) is 0 Å². The average molecular weight is 535 g/mol. The Morgan fingerprint density at radius 1 is 1.18 bits per heavy atom. The van der Waals surface area contributed by atoms with Gasteiger partial charge in [0, 0.05) is 34.5 Å². The van der Waals surface area contributed by atoms with Crippen molar-refractivity contribution in [2.45, 2.75) is 84.7 Å². The van der Waals surface area contributed by atoms with Gasteiger partial charge in [-0.05, 0) is 87.4 Å². The van der Waals surface area contributed by atoms with Gasteiger partial charge in [-0.15, -0.1) is 0 Å². The molecule has 1 saturated heterocycles. The van der Waals surface area contributed by atoms with Gasteiger partial charge in [0.25, 0.3) is 11.5 Å². The standard InChI is InChI=1S/C31H39FN4O3/c1-6-31(7-2)14-12-26(30(5)13-8-9-25(32)18-30)36(31)27(37)19-33-28(38)23-11-10-22(20(3)15-23)17-24-16-21(4)34-35-29(24)39/h8-11,15-16,18,26H,6-7,12-14,17,19H2,1-5H3,(H,33,38)(H,35,39)/t26-,30?/m0/s1. The molecule has 1 aromatic heterocycles. The van der Waals surface area contributed by atoms with E-state index < -0.39 is 5.41 Å². The Bertz CT molecular complexity index is 1370. The van der Waals surface area contributed by atoms with Crippen molar-refractivity contribution in [2.75, 3.05) is 6.54 Å². The number of hydrogen-bond acceptors (Lipinski definition) is 4. The summed E-state index contributed by atoms with van der Waals surface area (Å²) >= 11 is 0. The molecule has 2 amide bonds. The maximum Gasteiger partial charge on any atom is 0.267 e. The van der Waals surface area contributed by atoms with E-state index >= 15 is 0 Å². The Morgan fingerprint density at radius 3 is 2.59 bits per heavy atom. The number of halogens is 1. The molecule has 2 N–H and O–H groups in total. The molecule has 1 aliphatic heterocycles. The van der Waals surface area contributed by atoms with Crippen LogP contribution in [0.4, 0.5) is 4.39 Å². The van der Waals surface area contributed by atoms with E-state index in [2.05, 4.69) is 29.4 Å². The fourth-order valence-electron chi connectivity index (χ4n) is 6.35. The van der Waals surface area contributed by atoms with Crippen molar-refractivity contribution >= 4 is 11.8 Å². The van der Waals surface area contributed by atoms with Crippen molar-refractivity contribution in [1.82, 2.24) is 20.4 Å². The van der Waals surface area contributed by atoms with Gasteiger partial charge in [-0.1, -0.05) is 32.9 Å². The zero-order chi connectivity index (χ0) is 28.4. The average Bonchev–Trinajstić information content (AvgIpc) is 3.31. The highest BCUT2D eigenvalue weighted by molar-refractivity contribution is 5.96. The number of benzene rings is 1. The van der Waals surface area contributed by atoms with Crippen molar-refractivity contribution in [1.29, 1.82) is 0 Å². The van der Waals surface area contributed by atoms with E-state index in [-0.39, 0.29) is 41.3 Å². The Balaban J connectivity index is 1.48. The van der Waals surface area contributed by atoms with E-state index in [1.807, 2.05) is 37.8 Å². The predicted molar refractivity (Wildman–Crippen MR) is 150 cm³/mol. The fraction of sp³-hybridized carbons (Fsp3) is 0.484. The molecule has 1 aromatic carbocycles. The number of aryl methyl sites for hydroxylation is 2. The van der Waals surface area contributed by atoms with Crippen LogP contribution in [0.5, 0.6) is 0 Å². The minimum Gasteiger partial charge on any atom is -0.343 e. The molecule has 1 aliphatic carbocycles. The Labute approximate surface area is 229 Å². The second-order valence-corrected chi connectivity index (χ2v) is 11.3. The van der Waals surface area contributed by atoms with E-state index in [1.165, 1.54) is 6.08 Å². The van der Waals surface area contributed by atoms with Crippen LogP contribution in [0.25, 0.3) is 0 Å². The summed E-state index contributed by atoms with van der Waals surface area (Å²) in [4.78, 5) is 40.9. The lowest BCUT2D eigenvalue weighted by Gasteiger charge is -2.46. The maximum atomic E-state index is 14.3. The number of carbonyl (C=O) groups excluding carboxylic acids is 2. The molecule has 2 aliphatic rings. The van der Waals surface area contributed by atoms with E-state index in [0.29, 0.717) is 24.0 Å². The molecule has 1 unspecified atom stereocenters. The first-order valence-corrected chi connectivity index (χ1v) is 13.8. The topological polar surface area (TPSA) is 95.2 Å². The van der Waals surface area contributed by atoms with Gasteiger partial charge >= 0.3 is 0 Å². The number of carbonyl (C=O) groups is 2. The number of aromatic nitrogens is 2. The summed E-state index contributed by atoms with van der Waals surface area (Å²) in [6.45, 7) is 9.80. The minimum atomic E-state index is -0.493. The summed E-state index contributed by atoms with van der Waals surface area (Å²) in [5.41, 5.74) is 2.58. The normalized spacial score (nSPS) is 22.1. The zero-order valence-corrected chi connectivity index (χ0v) is 23.6. The molecular formula is C31H39FN4O3. The van der Waals surface area contributed by atoms with Crippen LogP contribution in [0.1, 0.15) is 85.6 Å². The van der Waals surface area contributed by atoms with E-state index in [0.717, 1.165) is 42.5 Å². The summed E-state index contributed by atoms with van der Waals surface area (Å²) in [5.74, 6) is -0.736. The van der Waals surface area contributed by atoms with Gasteiger partial charge in [-0.2, -0.15) is 5.10 Å². The van der Waals surface area contributed by atoms with Crippen LogP contribution in [0.2, 0.25) is 0 Å². The Hall–Kier alpha value is -3.55. The SMILES string of the molecule is CCC1(CC)CC[C@@H](C2(C)C=C(F)C=CC2)N1C(=O)CNC(=O)c1ccc(Cc2cc(C)n[nH]c2=O)c(C)c1. The second kappa shape index (κ2) is 11.3. The van der Waals surface area contributed by atoms with Gasteiger partial charge in [-0.25, -0.2) is 9.49 Å².